The monoisotopic (exact) mass is 438 g/mol. The number of hydrogen-bond acceptors (Lipinski definition) is 4. The zero-order valence-corrected chi connectivity index (χ0v) is 18.2. The van der Waals surface area contributed by atoms with Crippen molar-refractivity contribution in [3.63, 3.8) is 0 Å². The van der Waals surface area contributed by atoms with Crippen LogP contribution in [0.3, 0.4) is 0 Å². The van der Waals surface area contributed by atoms with Crippen LogP contribution in [0.15, 0.2) is 48.7 Å². The van der Waals surface area contributed by atoms with Gasteiger partial charge in [0.05, 0.1) is 13.0 Å². The maximum absolute atomic E-state index is 13.1. The number of amides is 1. The molecule has 3 aromatic rings. The van der Waals surface area contributed by atoms with Gasteiger partial charge in [0.25, 0.3) is 0 Å². The molecule has 7 heteroatoms. The molecule has 3 N–H and O–H groups in total. The fourth-order valence-corrected chi connectivity index (χ4v) is 4.98. The Morgan fingerprint density at radius 3 is 2.84 bits per heavy atom. The molecule has 4 rings (SSSR count). The summed E-state index contributed by atoms with van der Waals surface area (Å²) in [5, 5.41) is 13.5. The van der Waals surface area contributed by atoms with E-state index in [2.05, 4.69) is 22.9 Å². The highest BCUT2D eigenvalue weighted by Crippen LogP contribution is 2.40. The zero-order valence-electron chi connectivity index (χ0n) is 17.3. The van der Waals surface area contributed by atoms with Crippen LogP contribution in [-0.4, -0.2) is 40.9 Å². The van der Waals surface area contributed by atoms with Gasteiger partial charge in [-0.05, 0) is 53.6 Å². The number of carboxylic acid groups (broad SMARTS) is 1. The largest absolute Gasteiger partial charge is 0.497 e. The third-order valence-corrected chi connectivity index (χ3v) is 6.60. The smallest absolute Gasteiger partial charge is 0.326 e. The van der Waals surface area contributed by atoms with Gasteiger partial charge in [-0.1, -0.05) is 24.3 Å². The lowest BCUT2D eigenvalue weighted by Crippen LogP contribution is -2.46. The number of fused-ring (bicyclic) bond motifs is 2. The zero-order chi connectivity index (χ0) is 22.0. The van der Waals surface area contributed by atoms with Crippen molar-refractivity contribution in [1.82, 2.24) is 10.3 Å². The van der Waals surface area contributed by atoms with Crippen LogP contribution in [0, 0.1) is 5.92 Å². The number of rotatable bonds is 8. The van der Waals surface area contributed by atoms with Gasteiger partial charge in [-0.2, -0.15) is 12.6 Å². The third kappa shape index (κ3) is 4.28. The molecule has 1 aliphatic rings. The third-order valence-electron chi connectivity index (χ3n) is 6.21. The van der Waals surface area contributed by atoms with Crippen molar-refractivity contribution in [3.05, 3.63) is 65.4 Å². The minimum absolute atomic E-state index is 0.0148. The Morgan fingerprint density at radius 1 is 1.29 bits per heavy atom. The number of nitrogens with one attached hydrogen (secondary N) is 2. The van der Waals surface area contributed by atoms with Crippen LogP contribution in [0.4, 0.5) is 0 Å². The number of methoxy groups -OCH3 is 1. The summed E-state index contributed by atoms with van der Waals surface area (Å²) in [7, 11) is 1.64. The van der Waals surface area contributed by atoms with E-state index in [1.165, 1.54) is 5.56 Å². The lowest BCUT2D eigenvalue weighted by molar-refractivity contribution is -0.142. The van der Waals surface area contributed by atoms with Crippen LogP contribution in [0.25, 0.3) is 10.9 Å². The number of carboxylic acids is 1. The lowest BCUT2D eigenvalue weighted by Gasteiger charge is -2.24. The number of H-pyrrole nitrogens is 1. The summed E-state index contributed by atoms with van der Waals surface area (Å²) >= 11 is 4.43. The number of aryl methyl sites for hydroxylation is 1. The number of benzene rings is 2. The fraction of sp³-hybridized carbons (Fsp3) is 0.333. The molecule has 0 fully saturated rings. The van der Waals surface area contributed by atoms with Crippen molar-refractivity contribution in [2.24, 2.45) is 5.92 Å². The number of carbonyl (C=O) groups excluding carboxylic acids is 1. The van der Waals surface area contributed by atoms with Gasteiger partial charge in [0, 0.05) is 29.3 Å². The SMILES string of the molecule is COc1ccc2c(c1)CC[C@@H]2[C@@H](CS)C(=O)N[C@@H](Cc1c[nH]c2ccccc12)C(=O)O. The van der Waals surface area contributed by atoms with Crippen molar-refractivity contribution in [2.75, 3.05) is 12.9 Å². The summed E-state index contributed by atoms with van der Waals surface area (Å²) in [4.78, 5) is 28.2. The van der Waals surface area contributed by atoms with E-state index in [4.69, 9.17) is 4.74 Å². The van der Waals surface area contributed by atoms with E-state index in [0.29, 0.717) is 5.75 Å². The van der Waals surface area contributed by atoms with Crippen molar-refractivity contribution in [1.29, 1.82) is 0 Å². The van der Waals surface area contributed by atoms with Crippen LogP contribution in [0.1, 0.15) is 29.0 Å². The summed E-state index contributed by atoms with van der Waals surface area (Å²) in [6.45, 7) is 0. The first-order valence-electron chi connectivity index (χ1n) is 10.4. The normalized spacial score (nSPS) is 17.2. The van der Waals surface area contributed by atoms with Gasteiger partial charge < -0.3 is 20.1 Å². The van der Waals surface area contributed by atoms with Gasteiger partial charge >= 0.3 is 5.97 Å². The maximum Gasteiger partial charge on any atom is 0.326 e. The highest BCUT2D eigenvalue weighted by Gasteiger charge is 2.35. The van der Waals surface area contributed by atoms with Crippen molar-refractivity contribution in [3.8, 4) is 5.75 Å². The van der Waals surface area contributed by atoms with Gasteiger partial charge in [0.15, 0.2) is 0 Å². The molecule has 1 amide bonds. The molecule has 0 unspecified atom stereocenters. The van der Waals surface area contributed by atoms with E-state index in [9.17, 15) is 14.7 Å². The van der Waals surface area contributed by atoms with E-state index in [0.717, 1.165) is 40.6 Å². The molecule has 1 aliphatic carbocycles. The van der Waals surface area contributed by atoms with E-state index >= 15 is 0 Å². The Hall–Kier alpha value is -2.93. The van der Waals surface area contributed by atoms with Crippen molar-refractivity contribution < 1.29 is 19.4 Å². The second-order valence-electron chi connectivity index (χ2n) is 7.96. The molecule has 0 spiro atoms. The number of aliphatic carboxylic acids is 1. The molecule has 2 aromatic carbocycles. The predicted molar refractivity (Wildman–Crippen MR) is 123 cm³/mol. The Bertz CT molecular complexity index is 1110. The second kappa shape index (κ2) is 9.06. The summed E-state index contributed by atoms with van der Waals surface area (Å²) in [6.07, 6.45) is 3.72. The lowest BCUT2D eigenvalue weighted by atomic mass is 9.87. The topological polar surface area (TPSA) is 91.4 Å². The summed E-state index contributed by atoms with van der Waals surface area (Å²) in [5.74, 6) is -0.551. The molecule has 0 radical (unpaired) electrons. The summed E-state index contributed by atoms with van der Waals surface area (Å²) in [6, 6.07) is 12.6. The Labute approximate surface area is 186 Å². The number of carbonyl (C=O) groups is 2. The van der Waals surface area contributed by atoms with Gasteiger partial charge in [0.1, 0.15) is 11.8 Å². The van der Waals surface area contributed by atoms with E-state index in [1.54, 1.807) is 7.11 Å². The molecule has 162 valence electrons. The highest BCUT2D eigenvalue weighted by molar-refractivity contribution is 7.80. The van der Waals surface area contributed by atoms with E-state index in [-0.39, 0.29) is 18.2 Å². The maximum atomic E-state index is 13.1. The minimum Gasteiger partial charge on any atom is -0.497 e. The van der Waals surface area contributed by atoms with Crippen LogP contribution >= 0.6 is 12.6 Å². The van der Waals surface area contributed by atoms with Crippen LogP contribution in [-0.2, 0) is 22.4 Å². The Balaban J connectivity index is 1.51. The average Bonchev–Trinajstić information content (AvgIpc) is 3.38. The molecule has 0 aliphatic heterocycles. The van der Waals surface area contributed by atoms with Gasteiger partial charge in [-0.25, -0.2) is 4.79 Å². The number of para-hydroxylation sites is 1. The van der Waals surface area contributed by atoms with Crippen LogP contribution in [0.2, 0.25) is 0 Å². The molecule has 1 heterocycles. The molecule has 31 heavy (non-hydrogen) atoms. The van der Waals surface area contributed by atoms with Gasteiger partial charge in [-0.3, -0.25) is 4.79 Å². The van der Waals surface area contributed by atoms with Gasteiger partial charge in [0.2, 0.25) is 5.91 Å². The predicted octanol–water partition coefficient (Wildman–Crippen LogP) is 3.56. The van der Waals surface area contributed by atoms with Crippen molar-refractivity contribution >= 4 is 35.4 Å². The number of aromatic amines is 1. The first-order chi connectivity index (χ1) is 15.0. The molecule has 1 aromatic heterocycles. The molecular weight excluding hydrogens is 412 g/mol. The highest BCUT2D eigenvalue weighted by atomic mass is 32.1. The quantitative estimate of drug-likeness (QED) is 0.405. The molecule has 0 saturated carbocycles. The second-order valence-corrected chi connectivity index (χ2v) is 8.33. The van der Waals surface area contributed by atoms with Crippen molar-refractivity contribution in [2.45, 2.75) is 31.2 Å². The molecule has 0 saturated heterocycles. The Morgan fingerprint density at radius 2 is 2.10 bits per heavy atom. The number of thiol groups is 1. The van der Waals surface area contributed by atoms with E-state index in [1.807, 2.05) is 48.7 Å². The van der Waals surface area contributed by atoms with E-state index < -0.39 is 17.9 Å². The van der Waals surface area contributed by atoms with Crippen LogP contribution in [0.5, 0.6) is 5.75 Å². The summed E-state index contributed by atoms with van der Waals surface area (Å²) in [5.41, 5.74) is 4.11. The number of ether oxygens (including phenoxy) is 1. The molecule has 6 nitrogen and oxygen atoms in total. The number of aromatic nitrogens is 1. The molecule has 0 bridgehead atoms. The first kappa shape index (κ1) is 21.3. The number of hydrogen-bond donors (Lipinski definition) is 4. The van der Waals surface area contributed by atoms with Gasteiger partial charge in [-0.15, -0.1) is 0 Å². The minimum atomic E-state index is -1.05. The average molecular weight is 439 g/mol. The summed E-state index contributed by atoms with van der Waals surface area (Å²) < 4.78 is 5.31. The molecule has 3 atom stereocenters. The standard InChI is InChI=1S/C24H26N2O4S/c1-30-16-7-9-17-14(10-16)6-8-19(17)20(13-31)23(27)26-22(24(28)29)11-15-12-25-21-5-3-2-4-18(15)21/h2-5,7,9-10,12,19-20,22,25,31H,6,8,11,13H2,1H3,(H,26,27)(H,28,29)/t19-,20+,22-/m0/s1. The first-order valence-corrected chi connectivity index (χ1v) is 11.0. The molecular formula is C24H26N2O4S. The Kier molecular flexibility index (Phi) is 6.23. The van der Waals surface area contributed by atoms with Crippen LogP contribution < -0.4 is 10.1 Å². The fourth-order valence-electron chi connectivity index (χ4n) is 4.56.